The smallest absolute Gasteiger partial charge is 0.360 e. The molecule has 0 aromatic rings. The Kier molecular flexibility index (Phi) is 5.74. The summed E-state index contributed by atoms with van der Waals surface area (Å²) in [4.78, 5) is 15.2. The minimum atomic E-state index is -0.843. The number of aliphatic carboxylic acids is 1. The molecule has 0 saturated heterocycles. The number of allylic oxidation sites excluding steroid dienone is 1. The Hall–Kier alpha value is -1.46. The lowest BCUT2D eigenvalue weighted by molar-refractivity contribution is -0.775. The molecule has 1 aliphatic heterocycles. The van der Waals surface area contributed by atoms with Gasteiger partial charge < -0.3 is 10.8 Å². The van der Waals surface area contributed by atoms with Gasteiger partial charge >= 0.3 is 5.97 Å². The van der Waals surface area contributed by atoms with Gasteiger partial charge in [0.15, 0.2) is 6.54 Å². The first-order valence-corrected chi connectivity index (χ1v) is 6.36. The number of carbonyl (C=O) groups is 1. The second-order valence-electron chi connectivity index (χ2n) is 4.43. The Labute approximate surface area is 108 Å². The molecule has 0 aromatic carbocycles. The maximum absolute atomic E-state index is 11.0. The molecule has 1 heterocycles. The van der Waals surface area contributed by atoms with Gasteiger partial charge in [0.1, 0.15) is 12.7 Å². The standard InChI is InChI=1S/C13H21N3O2/c1-2-3-4-5-6-12-15-8-10-16(12,9-7-14)11-13(17)18/h5-6,8,10H,2-4,7,9,11,14H2,1H3/p+1/b6-5+. The minimum absolute atomic E-state index is 0.00927. The van der Waals surface area contributed by atoms with Gasteiger partial charge in [0, 0.05) is 12.6 Å². The van der Waals surface area contributed by atoms with Crippen molar-refractivity contribution in [2.45, 2.75) is 26.2 Å². The summed E-state index contributed by atoms with van der Waals surface area (Å²) >= 11 is 0. The predicted molar refractivity (Wildman–Crippen MR) is 71.9 cm³/mol. The number of nitrogens with two attached hydrogens (primary N) is 1. The number of amidine groups is 1. The highest BCUT2D eigenvalue weighted by atomic mass is 16.4. The van der Waals surface area contributed by atoms with Crippen molar-refractivity contribution in [3.63, 3.8) is 0 Å². The van der Waals surface area contributed by atoms with E-state index in [4.69, 9.17) is 10.8 Å². The molecule has 1 unspecified atom stereocenters. The Morgan fingerprint density at radius 3 is 3.00 bits per heavy atom. The summed E-state index contributed by atoms with van der Waals surface area (Å²) in [5.74, 6) is -0.0800. The summed E-state index contributed by atoms with van der Waals surface area (Å²) in [6.45, 7) is 3.12. The third kappa shape index (κ3) is 3.78. The van der Waals surface area contributed by atoms with Crippen LogP contribution in [0.15, 0.2) is 29.5 Å². The molecule has 3 N–H and O–H groups in total. The van der Waals surface area contributed by atoms with Crippen LogP contribution in [0.5, 0.6) is 0 Å². The second-order valence-corrected chi connectivity index (χ2v) is 4.43. The van der Waals surface area contributed by atoms with E-state index in [9.17, 15) is 4.79 Å². The first kappa shape index (κ1) is 14.6. The zero-order chi connectivity index (χ0) is 13.4. The molecule has 0 amide bonds. The molecule has 0 saturated carbocycles. The van der Waals surface area contributed by atoms with E-state index in [1.807, 2.05) is 6.08 Å². The van der Waals surface area contributed by atoms with Crippen molar-refractivity contribution in [1.82, 2.24) is 0 Å². The van der Waals surface area contributed by atoms with Crippen molar-refractivity contribution in [1.29, 1.82) is 0 Å². The Bertz CT molecular complexity index is 374. The van der Waals surface area contributed by atoms with Gasteiger partial charge in [0.25, 0.3) is 0 Å². The summed E-state index contributed by atoms with van der Waals surface area (Å²) in [6, 6.07) is 0. The SMILES string of the molecule is CCCC/C=C/C1=NC=C[N+]1(CCN)CC(=O)O. The molecular formula is C13H22N3O2+. The number of rotatable bonds is 8. The van der Waals surface area contributed by atoms with E-state index >= 15 is 0 Å². The van der Waals surface area contributed by atoms with Gasteiger partial charge in [-0.15, -0.1) is 0 Å². The normalized spacial score (nSPS) is 22.7. The van der Waals surface area contributed by atoms with Crippen LogP contribution in [0, 0.1) is 0 Å². The zero-order valence-electron chi connectivity index (χ0n) is 10.9. The number of carboxylic acid groups (broad SMARTS) is 1. The molecule has 100 valence electrons. The van der Waals surface area contributed by atoms with Crippen molar-refractivity contribution in [3.8, 4) is 0 Å². The molecule has 0 radical (unpaired) electrons. The highest BCUT2D eigenvalue weighted by Gasteiger charge is 2.35. The number of nitrogens with zero attached hydrogens (tertiary/aromatic N) is 2. The molecule has 5 nitrogen and oxygen atoms in total. The number of quaternary nitrogens is 1. The van der Waals surface area contributed by atoms with Gasteiger partial charge in [-0.05, 0) is 6.42 Å². The number of carboxylic acids is 1. The van der Waals surface area contributed by atoms with Crippen molar-refractivity contribution in [2.24, 2.45) is 10.7 Å². The average molecular weight is 252 g/mol. The van der Waals surface area contributed by atoms with E-state index in [1.54, 1.807) is 12.4 Å². The van der Waals surface area contributed by atoms with Gasteiger partial charge in [0.2, 0.25) is 5.84 Å². The van der Waals surface area contributed by atoms with Gasteiger partial charge in [-0.1, -0.05) is 25.8 Å². The van der Waals surface area contributed by atoms with Crippen LogP contribution < -0.4 is 5.73 Å². The van der Waals surface area contributed by atoms with Crippen molar-refractivity contribution in [3.05, 3.63) is 24.6 Å². The fraction of sp³-hybridized carbons (Fsp3) is 0.538. The van der Waals surface area contributed by atoms with Crippen LogP contribution in [0.1, 0.15) is 26.2 Å². The third-order valence-electron chi connectivity index (χ3n) is 2.95. The van der Waals surface area contributed by atoms with Crippen molar-refractivity contribution in [2.75, 3.05) is 19.6 Å². The van der Waals surface area contributed by atoms with Crippen molar-refractivity contribution < 1.29 is 14.4 Å². The molecule has 1 aliphatic rings. The first-order chi connectivity index (χ1) is 8.64. The van der Waals surface area contributed by atoms with E-state index in [2.05, 4.69) is 18.0 Å². The monoisotopic (exact) mass is 252 g/mol. The van der Waals surface area contributed by atoms with Gasteiger partial charge in [-0.3, -0.25) is 0 Å². The van der Waals surface area contributed by atoms with Crippen LogP contribution >= 0.6 is 0 Å². The molecule has 0 aromatic heterocycles. The average Bonchev–Trinajstić information content (AvgIpc) is 2.67. The zero-order valence-corrected chi connectivity index (χ0v) is 10.9. The molecule has 18 heavy (non-hydrogen) atoms. The van der Waals surface area contributed by atoms with Gasteiger partial charge in [-0.25, -0.2) is 9.28 Å². The number of hydrogen-bond acceptors (Lipinski definition) is 3. The van der Waals surface area contributed by atoms with Crippen LogP contribution in [0.4, 0.5) is 0 Å². The molecule has 5 heteroatoms. The third-order valence-corrected chi connectivity index (χ3v) is 2.95. The molecule has 1 rings (SSSR count). The first-order valence-electron chi connectivity index (χ1n) is 6.36. The van der Waals surface area contributed by atoms with Crippen LogP contribution in [0.3, 0.4) is 0 Å². The van der Waals surface area contributed by atoms with Gasteiger partial charge in [-0.2, -0.15) is 4.99 Å². The Morgan fingerprint density at radius 1 is 1.61 bits per heavy atom. The summed E-state index contributed by atoms with van der Waals surface area (Å²) in [7, 11) is 0. The second kappa shape index (κ2) is 7.08. The largest absolute Gasteiger partial charge is 0.477 e. The number of aliphatic imine (C=N–C) groups is 1. The highest BCUT2D eigenvalue weighted by Crippen LogP contribution is 2.17. The van der Waals surface area contributed by atoms with Crippen LogP contribution in [0.25, 0.3) is 0 Å². The topological polar surface area (TPSA) is 75.7 Å². The lowest BCUT2D eigenvalue weighted by Crippen LogP contribution is -2.51. The van der Waals surface area contributed by atoms with E-state index < -0.39 is 5.97 Å². The summed E-state index contributed by atoms with van der Waals surface area (Å²) in [5, 5.41) is 9.02. The predicted octanol–water partition coefficient (Wildman–Crippen LogP) is 1.48. The van der Waals surface area contributed by atoms with Gasteiger partial charge in [0.05, 0.1) is 6.20 Å². The van der Waals surface area contributed by atoms with E-state index in [0.717, 1.165) is 25.1 Å². The number of unbranched alkanes of at least 4 members (excludes halogenated alkanes) is 2. The molecular weight excluding hydrogens is 230 g/mol. The lowest BCUT2D eigenvalue weighted by Gasteiger charge is -2.28. The van der Waals surface area contributed by atoms with Crippen molar-refractivity contribution >= 4 is 11.8 Å². The summed E-state index contributed by atoms with van der Waals surface area (Å²) in [5.41, 5.74) is 5.59. The molecule has 1 atom stereocenters. The summed E-state index contributed by atoms with van der Waals surface area (Å²) < 4.78 is 0.217. The van der Waals surface area contributed by atoms with Crippen LogP contribution in [-0.2, 0) is 4.79 Å². The van der Waals surface area contributed by atoms with E-state index in [0.29, 0.717) is 13.1 Å². The maximum atomic E-state index is 11.0. The van der Waals surface area contributed by atoms with Crippen LogP contribution in [-0.4, -0.2) is 41.0 Å². The molecule has 0 bridgehead atoms. The van der Waals surface area contributed by atoms with E-state index in [1.165, 1.54) is 0 Å². The fourth-order valence-electron chi connectivity index (χ4n) is 2.00. The fourth-order valence-corrected chi connectivity index (χ4v) is 2.00. The Balaban J connectivity index is 2.76. The minimum Gasteiger partial charge on any atom is -0.477 e. The maximum Gasteiger partial charge on any atom is 0.360 e. The molecule has 0 aliphatic carbocycles. The van der Waals surface area contributed by atoms with E-state index in [-0.39, 0.29) is 11.0 Å². The molecule has 0 fully saturated rings. The highest BCUT2D eigenvalue weighted by molar-refractivity contribution is 5.90. The quantitative estimate of drug-likeness (QED) is 0.507. The molecule has 0 spiro atoms. The number of hydrogen-bond donors (Lipinski definition) is 2. The van der Waals surface area contributed by atoms with Crippen LogP contribution in [0.2, 0.25) is 0 Å². The lowest BCUT2D eigenvalue weighted by atomic mass is 10.2. The Morgan fingerprint density at radius 2 is 2.39 bits per heavy atom. The summed E-state index contributed by atoms with van der Waals surface area (Å²) in [6.07, 6.45) is 10.7.